The first-order valence-electron chi connectivity index (χ1n) is 6.58. The van der Waals surface area contributed by atoms with Gasteiger partial charge in [0.15, 0.2) is 5.78 Å². The minimum atomic E-state index is -1.92. The standard InChI is InChI=1S/C14H19NO7/c16-7-10(17)13(20)14(21)11(18)8-22-15-12(19)6-9-4-2-1-3-5-9/h1-5,10,13-14,16-17,20-21H,6-8H2,(H,15,19)/t10-,13+,14+/m1/s1. The molecule has 1 aromatic carbocycles. The van der Waals surface area contributed by atoms with Gasteiger partial charge in [-0.2, -0.15) is 0 Å². The van der Waals surface area contributed by atoms with Crippen molar-refractivity contribution in [2.24, 2.45) is 0 Å². The summed E-state index contributed by atoms with van der Waals surface area (Å²) in [6.07, 6.45) is -5.34. The molecule has 0 aliphatic heterocycles. The monoisotopic (exact) mass is 313 g/mol. The van der Waals surface area contributed by atoms with Gasteiger partial charge in [-0.3, -0.25) is 14.4 Å². The Morgan fingerprint density at radius 3 is 2.36 bits per heavy atom. The number of benzene rings is 1. The van der Waals surface area contributed by atoms with E-state index in [2.05, 4.69) is 4.84 Å². The Balaban J connectivity index is 2.31. The lowest BCUT2D eigenvalue weighted by molar-refractivity contribution is -0.150. The van der Waals surface area contributed by atoms with Crippen LogP contribution in [0.1, 0.15) is 5.56 Å². The molecular formula is C14H19NO7. The number of rotatable bonds is 9. The summed E-state index contributed by atoms with van der Waals surface area (Å²) in [6.45, 7) is -1.49. The van der Waals surface area contributed by atoms with Gasteiger partial charge in [0.05, 0.1) is 13.0 Å². The van der Waals surface area contributed by atoms with Crippen molar-refractivity contribution >= 4 is 11.7 Å². The molecule has 1 aromatic rings. The number of nitrogens with one attached hydrogen (secondary N) is 1. The predicted molar refractivity (Wildman–Crippen MR) is 74.4 cm³/mol. The maximum absolute atomic E-state index is 11.5. The Morgan fingerprint density at radius 1 is 1.14 bits per heavy atom. The molecule has 0 aliphatic carbocycles. The second-order valence-electron chi connectivity index (χ2n) is 4.63. The van der Waals surface area contributed by atoms with E-state index in [1.807, 2.05) is 11.5 Å². The molecule has 0 saturated carbocycles. The number of ketones is 1. The zero-order chi connectivity index (χ0) is 16.5. The zero-order valence-corrected chi connectivity index (χ0v) is 11.8. The van der Waals surface area contributed by atoms with Crippen molar-refractivity contribution in [3.63, 3.8) is 0 Å². The lowest BCUT2D eigenvalue weighted by Gasteiger charge is -2.20. The first kappa shape index (κ1) is 18.2. The Morgan fingerprint density at radius 2 is 1.77 bits per heavy atom. The van der Waals surface area contributed by atoms with Crippen LogP contribution >= 0.6 is 0 Å². The molecule has 0 radical (unpaired) electrons. The number of carbonyl (C=O) groups excluding carboxylic acids is 2. The summed E-state index contributed by atoms with van der Waals surface area (Å²) in [7, 11) is 0. The highest BCUT2D eigenvalue weighted by molar-refractivity contribution is 5.85. The fraction of sp³-hybridized carbons (Fsp3) is 0.429. The second kappa shape index (κ2) is 9.23. The molecule has 0 heterocycles. The Kier molecular flexibility index (Phi) is 7.64. The Hall–Kier alpha value is -1.84. The summed E-state index contributed by atoms with van der Waals surface area (Å²) in [4.78, 5) is 27.6. The summed E-state index contributed by atoms with van der Waals surface area (Å²) >= 11 is 0. The third kappa shape index (κ3) is 5.88. The summed E-state index contributed by atoms with van der Waals surface area (Å²) in [6, 6.07) is 8.86. The van der Waals surface area contributed by atoms with Crippen molar-refractivity contribution in [3.8, 4) is 0 Å². The molecule has 1 rings (SSSR count). The first-order chi connectivity index (χ1) is 10.5. The highest BCUT2D eigenvalue weighted by Crippen LogP contribution is 2.02. The van der Waals surface area contributed by atoms with Crippen molar-refractivity contribution in [2.75, 3.05) is 13.2 Å². The second-order valence-corrected chi connectivity index (χ2v) is 4.63. The van der Waals surface area contributed by atoms with E-state index >= 15 is 0 Å². The van der Waals surface area contributed by atoms with Gasteiger partial charge < -0.3 is 20.4 Å². The molecule has 3 atom stereocenters. The van der Waals surface area contributed by atoms with Crippen molar-refractivity contribution < 1.29 is 34.9 Å². The Bertz CT molecular complexity index is 479. The SMILES string of the molecule is O=C(Cc1ccccc1)NOCC(=O)[C@H](O)[C@@H](O)[C@H](O)CO. The van der Waals surface area contributed by atoms with Crippen LogP contribution in [-0.2, 0) is 20.8 Å². The molecular weight excluding hydrogens is 294 g/mol. The van der Waals surface area contributed by atoms with E-state index in [-0.39, 0.29) is 6.42 Å². The fourth-order valence-corrected chi connectivity index (χ4v) is 1.60. The van der Waals surface area contributed by atoms with E-state index in [0.717, 1.165) is 5.56 Å². The largest absolute Gasteiger partial charge is 0.394 e. The highest BCUT2D eigenvalue weighted by atomic mass is 16.7. The van der Waals surface area contributed by atoms with Crippen LogP contribution in [0, 0.1) is 0 Å². The lowest BCUT2D eigenvalue weighted by atomic mass is 10.1. The summed E-state index contributed by atoms with van der Waals surface area (Å²) < 4.78 is 0. The summed E-state index contributed by atoms with van der Waals surface area (Å²) in [5, 5.41) is 36.5. The molecule has 1 amide bonds. The molecule has 0 spiro atoms. The minimum Gasteiger partial charge on any atom is -0.394 e. The van der Waals surface area contributed by atoms with Gasteiger partial charge in [-0.05, 0) is 5.56 Å². The van der Waals surface area contributed by atoms with Gasteiger partial charge in [-0.25, -0.2) is 5.48 Å². The molecule has 0 fully saturated rings. The van der Waals surface area contributed by atoms with Crippen LogP contribution in [0.2, 0.25) is 0 Å². The lowest BCUT2D eigenvalue weighted by Crippen LogP contribution is -2.45. The van der Waals surface area contributed by atoms with Gasteiger partial charge in [0.1, 0.15) is 24.9 Å². The number of hydroxylamine groups is 1. The predicted octanol–water partition coefficient (Wildman–Crippen LogP) is -2.08. The van der Waals surface area contributed by atoms with Crippen LogP contribution in [0.15, 0.2) is 30.3 Å². The number of aliphatic hydroxyl groups excluding tert-OH is 4. The van der Waals surface area contributed by atoms with E-state index in [4.69, 9.17) is 10.2 Å². The van der Waals surface area contributed by atoms with Gasteiger partial charge in [-0.1, -0.05) is 30.3 Å². The highest BCUT2D eigenvalue weighted by Gasteiger charge is 2.29. The molecule has 5 N–H and O–H groups in total. The topological polar surface area (TPSA) is 136 Å². The minimum absolute atomic E-state index is 0.0590. The normalized spacial score (nSPS) is 14.9. The van der Waals surface area contributed by atoms with Crippen molar-refractivity contribution in [2.45, 2.75) is 24.7 Å². The molecule has 0 aliphatic rings. The number of carbonyl (C=O) groups is 2. The zero-order valence-electron chi connectivity index (χ0n) is 11.8. The smallest absolute Gasteiger partial charge is 0.247 e. The molecule has 122 valence electrons. The first-order valence-corrected chi connectivity index (χ1v) is 6.58. The molecule has 0 unspecified atom stereocenters. The number of hydrogen-bond acceptors (Lipinski definition) is 7. The quantitative estimate of drug-likeness (QED) is 0.330. The van der Waals surface area contributed by atoms with Crippen LogP contribution in [0.3, 0.4) is 0 Å². The number of aliphatic hydroxyl groups is 4. The number of hydrogen-bond donors (Lipinski definition) is 5. The third-order valence-electron chi connectivity index (χ3n) is 2.84. The van der Waals surface area contributed by atoms with Gasteiger partial charge in [0.2, 0.25) is 5.91 Å². The molecule has 8 nitrogen and oxygen atoms in total. The van der Waals surface area contributed by atoms with Crippen molar-refractivity contribution in [1.82, 2.24) is 5.48 Å². The van der Waals surface area contributed by atoms with Crippen LogP contribution in [-0.4, -0.2) is 63.6 Å². The van der Waals surface area contributed by atoms with Gasteiger partial charge in [0.25, 0.3) is 0 Å². The van der Waals surface area contributed by atoms with Crippen LogP contribution in [0.4, 0.5) is 0 Å². The van der Waals surface area contributed by atoms with Crippen molar-refractivity contribution in [1.29, 1.82) is 0 Å². The molecule has 22 heavy (non-hydrogen) atoms. The van der Waals surface area contributed by atoms with Crippen LogP contribution in [0.5, 0.6) is 0 Å². The average Bonchev–Trinajstić information content (AvgIpc) is 2.53. The average molecular weight is 313 g/mol. The van der Waals surface area contributed by atoms with Crippen LogP contribution in [0.25, 0.3) is 0 Å². The van der Waals surface area contributed by atoms with Crippen molar-refractivity contribution in [3.05, 3.63) is 35.9 Å². The molecule has 0 aromatic heterocycles. The number of amides is 1. The maximum Gasteiger partial charge on any atom is 0.247 e. The van der Waals surface area contributed by atoms with Crippen LogP contribution < -0.4 is 5.48 Å². The Labute approximate surface area is 126 Å². The van der Waals surface area contributed by atoms with Gasteiger partial charge >= 0.3 is 0 Å². The molecule has 0 bridgehead atoms. The van der Waals surface area contributed by atoms with Gasteiger partial charge in [0, 0.05) is 0 Å². The fourth-order valence-electron chi connectivity index (χ4n) is 1.60. The van der Waals surface area contributed by atoms with Gasteiger partial charge in [-0.15, -0.1) is 0 Å². The molecule has 8 heteroatoms. The third-order valence-corrected chi connectivity index (χ3v) is 2.84. The molecule has 0 saturated heterocycles. The van der Waals surface area contributed by atoms with E-state index < -0.39 is 43.2 Å². The summed E-state index contributed by atoms with van der Waals surface area (Å²) in [5.41, 5.74) is 2.80. The maximum atomic E-state index is 11.5. The number of Topliss-reactive ketones (excluding diaryl/α,β-unsaturated/α-hetero) is 1. The van der Waals surface area contributed by atoms with E-state index in [0.29, 0.717) is 0 Å². The van der Waals surface area contributed by atoms with E-state index in [9.17, 15) is 19.8 Å². The van der Waals surface area contributed by atoms with E-state index in [1.54, 1.807) is 24.3 Å². The summed E-state index contributed by atoms with van der Waals surface area (Å²) in [5.74, 6) is -1.43. The van der Waals surface area contributed by atoms with E-state index in [1.165, 1.54) is 0 Å².